The second kappa shape index (κ2) is 3.94. The van der Waals surface area contributed by atoms with Crippen LogP contribution in [0.2, 0.25) is 0 Å². The monoisotopic (exact) mass is 268 g/mol. The Morgan fingerprint density at radius 2 is 2.27 bits per heavy atom. The lowest BCUT2D eigenvalue weighted by Crippen LogP contribution is -2.27. The van der Waals surface area contributed by atoms with Gasteiger partial charge in [-0.05, 0) is 30.7 Å². The fraction of sp³-hybridized carbons (Fsp3) is 0.364. The Bertz CT molecular complexity index is 406. The highest BCUT2D eigenvalue weighted by Crippen LogP contribution is 2.25. The first kappa shape index (κ1) is 10.6. The molecule has 1 atom stereocenters. The normalized spacial score (nSPS) is 21.1. The van der Waals surface area contributed by atoms with Crippen LogP contribution in [0, 0.1) is 6.92 Å². The van der Waals surface area contributed by atoms with Crippen molar-refractivity contribution < 1.29 is 4.79 Å². The molecule has 0 spiro atoms. The van der Waals surface area contributed by atoms with E-state index in [-0.39, 0.29) is 11.9 Å². The van der Waals surface area contributed by atoms with Crippen molar-refractivity contribution in [2.24, 2.45) is 5.73 Å². The standard InChI is InChI=1S/C11H13BrN2O/c1-7-4-9(2-3-10(7)12)14-6-8(13)5-11(14)15/h2-4,8H,5-6,13H2,1H3. The molecule has 2 rings (SSSR count). The van der Waals surface area contributed by atoms with Gasteiger partial charge in [0.1, 0.15) is 0 Å². The molecule has 2 N–H and O–H groups in total. The summed E-state index contributed by atoms with van der Waals surface area (Å²) >= 11 is 3.44. The van der Waals surface area contributed by atoms with E-state index < -0.39 is 0 Å². The summed E-state index contributed by atoms with van der Waals surface area (Å²) in [6, 6.07) is 5.87. The molecule has 1 saturated heterocycles. The third-order valence-corrected chi connectivity index (χ3v) is 3.50. The van der Waals surface area contributed by atoms with Crippen LogP contribution in [0.15, 0.2) is 22.7 Å². The zero-order chi connectivity index (χ0) is 11.0. The lowest BCUT2D eigenvalue weighted by molar-refractivity contribution is -0.117. The number of rotatable bonds is 1. The lowest BCUT2D eigenvalue weighted by Gasteiger charge is -2.16. The molecule has 1 aliphatic heterocycles. The smallest absolute Gasteiger partial charge is 0.228 e. The molecular formula is C11H13BrN2O. The van der Waals surface area contributed by atoms with Gasteiger partial charge in [0.25, 0.3) is 0 Å². The van der Waals surface area contributed by atoms with E-state index >= 15 is 0 Å². The minimum Gasteiger partial charge on any atom is -0.326 e. The van der Waals surface area contributed by atoms with E-state index in [9.17, 15) is 4.79 Å². The Hall–Kier alpha value is -0.870. The minimum atomic E-state index is -0.0264. The van der Waals surface area contributed by atoms with Gasteiger partial charge in [0.2, 0.25) is 5.91 Å². The van der Waals surface area contributed by atoms with Gasteiger partial charge >= 0.3 is 0 Å². The van der Waals surface area contributed by atoms with Gasteiger partial charge in [-0.3, -0.25) is 4.79 Å². The maximum atomic E-state index is 11.6. The molecule has 4 heteroatoms. The Balaban J connectivity index is 2.30. The molecule has 0 bridgehead atoms. The van der Waals surface area contributed by atoms with Crippen LogP contribution in [0.25, 0.3) is 0 Å². The fourth-order valence-corrected chi connectivity index (χ4v) is 2.03. The summed E-state index contributed by atoms with van der Waals surface area (Å²) in [6.45, 7) is 2.63. The molecule has 1 aromatic carbocycles. The molecule has 0 aromatic heterocycles. The van der Waals surface area contributed by atoms with Crippen molar-refractivity contribution >= 4 is 27.5 Å². The highest BCUT2D eigenvalue weighted by Gasteiger charge is 2.27. The first-order valence-corrected chi connectivity index (χ1v) is 5.69. The fourth-order valence-electron chi connectivity index (χ4n) is 1.78. The Morgan fingerprint density at radius 1 is 1.53 bits per heavy atom. The van der Waals surface area contributed by atoms with Gasteiger partial charge < -0.3 is 10.6 Å². The largest absolute Gasteiger partial charge is 0.326 e. The maximum absolute atomic E-state index is 11.6. The van der Waals surface area contributed by atoms with E-state index in [1.54, 1.807) is 4.90 Å². The van der Waals surface area contributed by atoms with E-state index in [0.717, 1.165) is 15.7 Å². The van der Waals surface area contributed by atoms with E-state index in [1.165, 1.54) is 0 Å². The third-order valence-electron chi connectivity index (χ3n) is 2.61. The summed E-state index contributed by atoms with van der Waals surface area (Å²) in [6.07, 6.45) is 0.453. The van der Waals surface area contributed by atoms with Gasteiger partial charge in [0.05, 0.1) is 0 Å². The number of carbonyl (C=O) groups is 1. The molecule has 1 aromatic rings. The minimum absolute atomic E-state index is 0.0264. The van der Waals surface area contributed by atoms with Crippen molar-refractivity contribution in [2.75, 3.05) is 11.4 Å². The first-order chi connectivity index (χ1) is 7.08. The number of anilines is 1. The number of nitrogens with zero attached hydrogens (tertiary/aromatic N) is 1. The van der Waals surface area contributed by atoms with Gasteiger partial charge in [-0.2, -0.15) is 0 Å². The first-order valence-electron chi connectivity index (χ1n) is 4.90. The second-order valence-electron chi connectivity index (χ2n) is 3.90. The number of benzene rings is 1. The maximum Gasteiger partial charge on any atom is 0.228 e. The summed E-state index contributed by atoms with van der Waals surface area (Å²) < 4.78 is 1.06. The van der Waals surface area contributed by atoms with Crippen molar-refractivity contribution in [2.45, 2.75) is 19.4 Å². The lowest BCUT2D eigenvalue weighted by atomic mass is 10.2. The van der Waals surface area contributed by atoms with Crippen LogP contribution in [-0.2, 0) is 4.79 Å². The Labute approximate surface area is 97.4 Å². The Morgan fingerprint density at radius 3 is 2.80 bits per heavy atom. The van der Waals surface area contributed by atoms with Gasteiger partial charge in [-0.1, -0.05) is 15.9 Å². The predicted molar refractivity (Wildman–Crippen MR) is 63.8 cm³/mol. The number of carbonyl (C=O) groups excluding carboxylic acids is 1. The average molecular weight is 269 g/mol. The van der Waals surface area contributed by atoms with Crippen molar-refractivity contribution in [3.63, 3.8) is 0 Å². The highest BCUT2D eigenvalue weighted by molar-refractivity contribution is 9.10. The van der Waals surface area contributed by atoms with E-state index in [2.05, 4.69) is 15.9 Å². The van der Waals surface area contributed by atoms with Crippen molar-refractivity contribution in [3.05, 3.63) is 28.2 Å². The highest BCUT2D eigenvalue weighted by atomic mass is 79.9. The molecule has 1 fully saturated rings. The summed E-state index contributed by atoms with van der Waals surface area (Å²) in [5, 5.41) is 0. The summed E-state index contributed by atoms with van der Waals surface area (Å²) in [5.74, 6) is 0.115. The summed E-state index contributed by atoms with van der Waals surface area (Å²) in [4.78, 5) is 13.4. The zero-order valence-electron chi connectivity index (χ0n) is 8.53. The molecule has 1 aliphatic rings. The van der Waals surface area contributed by atoms with Crippen molar-refractivity contribution in [1.29, 1.82) is 0 Å². The topological polar surface area (TPSA) is 46.3 Å². The van der Waals surface area contributed by atoms with Gasteiger partial charge in [0, 0.05) is 29.2 Å². The number of halogens is 1. The van der Waals surface area contributed by atoms with Crippen LogP contribution < -0.4 is 10.6 Å². The van der Waals surface area contributed by atoms with E-state index in [0.29, 0.717) is 13.0 Å². The third kappa shape index (κ3) is 2.06. The molecular weight excluding hydrogens is 256 g/mol. The van der Waals surface area contributed by atoms with Gasteiger partial charge in [0.15, 0.2) is 0 Å². The molecule has 0 aliphatic carbocycles. The number of hydrogen-bond acceptors (Lipinski definition) is 2. The van der Waals surface area contributed by atoms with Crippen molar-refractivity contribution in [1.82, 2.24) is 0 Å². The van der Waals surface area contributed by atoms with Crippen LogP contribution >= 0.6 is 15.9 Å². The van der Waals surface area contributed by atoms with Gasteiger partial charge in [-0.15, -0.1) is 0 Å². The molecule has 1 unspecified atom stereocenters. The molecule has 15 heavy (non-hydrogen) atoms. The number of aryl methyl sites for hydroxylation is 1. The molecule has 80 valence electrons. The predicted octanol–water partition coefficient (Wildman–Crippen LogP) is 1.82. The SMILES string of the molecule is Cc1cc(N2CC(N)CC2=O)ccc1Br. The molecule has 1 heterocycles. The molecule has 1 amide bonds. The van der Waals surface area contributed by atoms with Crippen LogP contribution in [0.1, 0.15) is 12.0 Å². The molecule has 0 radical (unpaired) electrons. The van der Waals surface area contributed by atoms with Crippen LogP contribution in [0.5, 0.6) is 0 Å². The second-order valence-corrected chi connectivity index (χ2v) is 4.76. The van der Waals surface area contributed by atoms with Crippen LogP contribution in [0.4, 0.5) is 5.69 Å². The number of hydrogen-bond donors (Lipinski definition) is 1. The van der Waals surface area contributed by atoms with E-state index in [4.69, 9.17) is 5.73 Å². The number of amides is 1. The summed E-state index contributed by atoms with van der Waals surface area (Å²) in [7, 11) is 0. The number of nitrogens with two attached hydrogens (primary N) is 1. The van der Waals surface area contributed by atoms with Crippen molar-refractivity contribution in [3.8, 4) is 0 Å². The van der Waals surface area contributed by atoms with Crippen LogP contribution in [-0.4, -0.2) is 18.5 Å². The van der Waals surface area contributed by atoms with E-state index in [1.807, 2.05) is 25.1 Å². The van der Waals surface area contributed by atoms with Gasteiger partial charge in [-0.25, -0.2) is 0 Å². The molecule has 3 nitrogen and oxygen atoms in total. The van der Waals surface area contributed by atoms with Crippen LogP contribution in [0.3, 0.4) is 0 Å². The zero-order valence-corrected chi connectivity index (χ0v) is 10.1. The summed E-state index contributed by atoms with van der Waals surface area (Å²) in [5.41, 5.74) is 7.81. The quantitative estimate of drug-likeness (QED) is 0.845. The Kier molecular flexibility index (Phi) is 2.80. The average Bonchev–Trinajstić information content (AvgIpc) is 2.50. The molecule has 0 saturated carbocycles.